The lowest BCUT2D eigenvalue weighted by Gasteiger charge is -2.09. The zero-order valence-electron chi connectivity index (χ0n) is 9.64. The van der Waals surface area contributed by atoms with E-state index in [9.17, 15) is 13.2 Å². The number of hydrogen-bond donors (Lipinski definition) is 0. The van der Waals surface area contributed by atoms with E-state index in [0.717, 1.165) is 12.1 Å². The van der Waals surface area contributed by atoms with Crippen LogP contribution in [0.1, 0.15) is 11.3 Å². The minimum atomic E-state index is -4.60. The average molecular weight is 268 g/mol. The number of rotatable bonds is 2. The fourth-order valence-electron chi connectivity index (χ4n) is 1.32. The van der Waals surface area contributed by atoms with E-state index in [1.54, 1.807) is 13.1 Å². The first-order chi connectivity index (χ1) is 8.90. The molecule has 0 radical (unpaired) electrons. The van der Waals surface area contributed by atoms with E-state index in [1.807, 2.05) is 0 Å². The molecule has 2 aromatic rings. The highest BCUT2D eigenvalue weighted by molar-refractivity contribution is 5.41. The van der Waals surface area contributed by atoms with Gasteiger partial charge in [0.15, 0.2) is 5.75 Å². The SMILES string of the molecule is Cn1cc(Oc2nc(C(F)(F)F)ccc2C#N)cn1. The summed E-state index contributed by atoms with van der Waals surface area (Å²) in [5.74, 6) is -0.198. The molecule has 19 heavy (non-hydrogen) atoms. The predicted octanol–water partition coefficient (Wildman–Crippen LogP) is 2.50. The van der Waals surface area contributed by atoms with Crippen molar-refractivity contribution in [1.82, 2.24) is 14.8 Å². The number of aryl methyl sites for hydroxylation is 1. The van der Waals surface area contributed by atoms with E-state index in [-0.39, 0.29) is 11.3 Å². The molecule has 0 N–H and O–H groups in total. The number of nitrogens with zero attached hydrogens (tertiary/aromatic N) is 4. The Morgan fingerprint density at radius 1 is 1.37 bits per heavy atom. The lowest BCUT2D eigenvalue weighted by atomic mass is 10.2. The van der Waals surface area contributed by atoms with Crippen LogP contribution in [0.2, 0.25) is 0 Å². The Morgan fingerprint density at radius 2 is 2.11 bits per heavy atom. The molecule has 98 valence electrons. The molecule has 5 nitrogen and oxygen atoms in total. The van der Waals surface area contributed by atoms with Crippen LogP contribution in [0, 0.1) is 11.3 Å². The van der Waals surface area contributed by atoms with Crippen LogP contribution in [0.3, 0.4) is 0 Å². The zero-order chi connectivity index (χ0) is 14.0. The van der Waals surface area contributed by atoms with Gasteiger partial charge in [0.1, 0.15) is 17.3 Å². The van der Waals surface area contributed by atoms with Crippen molar-refractivity contribution in [3.63, 3.8) is 0 Å². The van der Waals surface area contributed by atoms with E-state index in [4.69, 9.17) is 10.00 Å². The van der Waals surface area contributed by atoms with Gasteiger partial charge in [-0.3, -0.25) is 4.68 Å². The maximum atomic E-state index is 12.5. The number of nitriles is 1. The van der Waals surface area contributed by atoms with Crippen molar-refractivity contribution in [3.8, 4) is 17.7 Å². The largest absolute Gasteiger partial charge is 0.434 e. The van der Waals surface area contributed by atoms with Gasteiger partial charge >= 0.3 is 6.18 Å². The summed E-state index contributed by atoms with van der Waals surface area (Å²) in [5.41, 5.74) is -1.21. The fourth-order valence-corrected chi connectivity index (χ4v) is 1.32. The van der Waals surface area contributed by atoms with E-state index >= 15 is 0 Å². The summed E-state index contributed by atoms with van der Waals surface area (Å²) in [5, 5.41) is 12.6. The lowest BCUT2D eigenvalue weighted by Crippen LogP contribution is -2.09. The van der Waals surface area contributed by atoms with Gasteiger partial charge in [-0.15, -0.1) is 0 Å². The molecule has 0 aliphatic rings. The van der Waals surface area contributed by atoms with Crippen molar-refractivity contribution < 1.29 is 17.9 Å². The number of alkyl halides is 3. The van der Waals surface area contributed by atoms with Crippen molar-refractivity contribution in [2.75, 3.05) is 0 Å². The van der Waals surface area contributed by atoms with Gasteiger partial charge in [-0.1, -0.05) is 0 Å². The molecule has 0 saturated carbocycles. The van der Waals surface area contributed by atoms with Gasteiger partial charge in [0.05, 0.1) is 12.4 Å². The summed E-state index contributed by atoms with van der Waals surface area (Å²) < 4.78 is 44.1. The third-order valence-electron chi connectivity index (χ3n) is 2.17. The molecule has 2 aromatic heterocycles. The van der Waals surface area contributed by atoms with Gasteiger partial charge in [0.25, 0.3) is 0 Å². The Hall–Kier alpha value is -2.56. The van der Waals surface area contributed by atoms with E-state index in [2.05, 4.69) is 10.1 Å². The van der Waals surface area contributed by atoms with Gasteiger partial charge in [0.2, 0.25) is 5.88 Å². The average Bonchev–Trinajstić information content (AvgIpc) is 2.73. The van der Waals surface area contributed by atoms with Gasteiger partial charge in [-0.2, -0.15) is 23.5 Å². The van der Waals surface area contributed by atoms with E-state index in [1.165, 1.54) is 17.1 Å². The standard InChI is InChI=1S/C11H7F3N4O/c1-18-6-8(5-16-18)19-10-7(4-15)2-3-9(17-10)11(12,13)14/h2-3,5-6H,1H3. The number of halogens is 3. The molecule has 0 atom stereocenters. The van der Waals surface area contributed by atoms with Crippen LogP contribution in [-0.4, -0.2) is 14.8 Å². The van der Waals surface area contributed by atoms with Crippen LogP contribution in [-0.2, 0) is 13.2 Å². The van der Waals surface area contributed by atoms with Gasteiger partial charge in [0, 0.05) is 7.05 Å². The summed E-state index contributed by atoms with van der Waals surface area (Å²) in [4.78, 5) is 3.31. The third-order valence-corrected chi connectivity index (χ3v) is 2.17. The summed E-state index contributed by atoms with van der Waals surface area (Å²) in [6, 6.07) is 3.47. The van der Waals surface area contributed by atoms with Crippen LogP contribution >= 0.6 is 0 Å². The second kappa shape index (κ2) is 4.61. The molecule has 0 aliphatic carbocycles. The normalized spacial score (nSPS) is 11.1. The van der Waals surface area contributed by atoms with Crippen LogP contribution in [0.25, 0.3) is 0 Å². The van der Waals surface area contributed by atoms with Crippen molar-refractivity contribution >= 4 is 0 Å². The van der Waals surface area contributed by atoms with E-state index < -0.39 is 17.8 Å². The molecule has 0 fully saturated rings. The Labute approximate surface area is 105 Å². The second-order valence-corrected chi connectivity index (χ2v) is 3.61. The van der Waals surface area contributed by atoms with Crippen LogP contribution in [0.5, 0.6) is 11.6 Å². The zero-order valence-corrected chi connectivity index (χ0v) is 9.64. The summed E-state index contributed by atoms with van der Waals surface area (Å²) in [7, 11) is 1.62. The van der Waals surface area contributed by atoms with Gasteiger partial charge in [-0.05, 0) is 12.1 Å². The smallest absolute Gasteiger partial charge is 0.433 e. The molecular formula is C11H7F3N4O. The summed E-state index contributed by atoms with van der Waals surface area (Å²) >= 11 is 0. The molecule has 0 amide bonds. The molecule has 0 aliphatic heterocycles. The van der Waals surface area contributed by atoms with Crippen molar-refractivity contribution in [1.29, 1.82) is 5.26 Å². The van der Waals surface area contributed by atoms with Crippen molar-refractivity contribution in [2.24, 2.45) is 7.05 Å². The first-order valence-corrected chi connectivity index (χ1v) is 5.05. The number of aromatic nitrogens is 3. The highest BCUT2D eigenvalue weighted by Gasteiger charge is 2.33. The monoisotopic (exact) mass is 268 g/mol. The van der Waals surface area contributed by atoms with Crippen LogP contribution in [0.15, 0.2) is 24.5 Å². The quantitative estimate of drug-likeness (QED) is 0.839. The summed E-state index contributed by atoms with van der Waals surface area (Å²) in [6.07, 6.45) is -1.84. The Bertz CT molecular complexity index is 642. The van der Waals surface area contributed by atoms with E-state index in [0.29, 0.717) is 0 Å². The molecule has 8 heteroatoms. The number of hydrogen-bond acceptors (Lipinski definition) is 4. The Morgan fingerprint density at radius 3 is 2.63 bits per heavy atom. The fraction of sp³-hybridized carbons (Fsp3) is 0.182. The van der Waals surface area contributed by atoms with Crippen molar-refractivity contribution in [2.45, 2.75) is 6.18 Å². The first-order valence-electron chi connectivity index (χ1n) is 5.05. The maximum absolute atomic E-state index is 12.5. The van der Waals surface area contributed by atoms with Crippen LogP contribution in [0.4, 0.5) is 13.2 Å². The molecule has 2 rings (SSSR count). The third kappa shape index (κ3) is 2.82. The predicted molar refractivity (Wildman–Crippen MR) is 57.2 cm³/mol. The highest BCUT2D eigenvalue weighted by Crippen LogP contribution is 2.31. The minimum absolute atomic E-state index is 0.0862. The second-order valence-electron chi connectivity index (χ2n) is 3.61. The summed E-state index contributed by atoms with van der Waals surface area (Å²) in [6.45, 7) is 0. The van der Waals surface area contributed by atoms with Gasteiger partial charge < -0.3 is 4.74 Å². The maximum Gasteiger partial charge on any atom is 0.433 e. The number of ether oxygens (including phenoxy) is 1. The van der Waals surface area contributed by atoms with Crippen molar-refractivity contribution in [3.05, 3.63) is 35.8 Å². The minimum Gasteiger partial charge on any atom is -0.434 e. The Kier molecular flexibility index (Phi) is 3.12. The molecule has 0 unspecified atom stereocenters. The molecule has 2 heterocycles. The number of pyridine rings is 1. The Balaban J connectivity index is 2.40. The molecule has 0 spiro atoms. The van der Waals surface area contributed by atoms with Crippen LogP contribution < -0.4 is 4.74 Å². The molecular weight excluding hydrogens is 261 g/mol. The lowest BCUT2D eigenvalue weighted by molar-refractivity contribution is -0.141. The molecule has 0 bridgehead atoms. The highest BCUT2D eigenvalue weighted by atomic mass is 19.4. The van der Waals surface area contributed by atoms with Gasteiger partial charge in [-0.25, -0.2) is 4.98 Å². The topological polar surface area (TPSA) is 63.7 Å². The molecule has 0 saturated heterocycles. The molecule has 0 aromatic carbocycles. The first kappa shape index (κ1) is 12.9.